The minimum Gasteiger partial charge on any atom is -0.340 e. The van der Waals surface area contributed by atoms with Crippen molar-refractivity contribution in [1.82, 2.24) is 4.90 Å². The third kappa shape index (κ3) is 3.20. The molecule has 110 valence electrons. The molecule has 2 aromatic rings. The van der Waals surface area contributed by atoms with Crippen LogP contribution in [0.15, 0.2) is 52.2 Å². The van der Waals surface area contributed by atoms with E-state index in [0.29, 0.717) is 20.5 Å². The van der Waals surface area contributed by atoms with E-state index in [2.05, 4.69) is 0 Å². The molecule has 0 N–H and O–H groups in total. The molecule has 0 fully saturated rings. The number of hydrogen-bond acceptors (Lipinski definition) is 3. The number of fused-ring (bicyclic) bond motifs is 2. The second kappa shape index (κ2) is 6.30. The largest absolute Gasteiger partial charge is 0.340 e. The maximum absolute atomic E-state index is 8.39. The number of hydrogen-bond donors (Lipinski definition) is 0. The molecule has 21 heavy (non-hydrogen) atoms. The van der Waals surface area contributed by atoms with Crippen LogP contribution >= 0.6 is 23.4 Å². The topological polar surface area (TPSA) is 6.48 Å². The molecule has 0 amide bonds. The summed E-state index contributed by atoms with van der Waals surface area (Å²) < 4.78 is 77.7. The van der Waals surface area contributed by atoms with E-state index in [4.69, 9.17) is 25.3 Å². The summed E-state index contributed by atoms with van der Waals surface area (Å²) in [6.45, 7) is -5.73. The molecule has 0 radical (unpaired) electrons. The van der Waals surface area contributed by atoms with Crippen molar-refractivity contribution in [3.8, 4) is 0 Å². The number of rotatable bonds is 4. The second-order valence-corrected chi connectivity index (χ2v) is 6.04. The quantitative estimate of drug-likeness (QED) is 0.788. The van der Waals surface area contributed by atoms with Gasteiger partial charge < -0.3 is 9.80 Å². The summed E-state index contributed by atoms with van der Waals surface area (Å²) in [6, 6.07) is 3.97. The first-order chi connectivity index (χ1) is 14.2. The first kappa shape index (κ1) is 6.95. The average molecular weight is 329 g/mol. The first-order valence-corrected chi connectivity index (χ1v) is 7.56. The predicted octanol–water partition coefficient (Wildman–Crippen LogP) is 4.89. The first-order valence-electron chi connectivity index (χ1n) is 11.4. The van der Waals surface area contributed by atoms with E-state index in [0.717, 1.165) is 4.90 Å². The molecule has 0 aromatic heterocycles. The summed E-state index contributed by atoms with van der Waals surface area (Å²) in [5.41, 5.74) is 0.879. The fraction of sp³-hybridized carbons (Fsp3) is 0.294. The van der Waals surface area contributed by atoms with E-state index < -0.39 is 14.0 Å². The lowest BCUT2D eigenvalue weighted by Gasteiger charge is -2.33. The normalized spacial score (nSPS) is 21.3. The Hall–Kier alpha value is -1.16. The molecule has 0 unspecified atom stereocenters. The highest BCUT2D eigenvalue weighted by atomic mass is 35.5. The Bertz CT molecular complexity index is 994. The van der Waals surface area contributed by atoms with Gasteiger partial charge in [0.1, 0.15) is 0 Å². The van der Waals surface area contributed by atoms with E-state index >= 15 is 0 Å². The summed E-state index contributed by atoms with van der Waals surface area (Å²) >= 11 is 7.36. The molecule has 0 bridgehead atoms. The maximum Gasteiger partial charge on any atom is 0.0645 e. The molecule has 1 aliphatic heterocycles. The van der Waals surface area contributed by atoms with Crippen LogP contribution in [0.4, 0.5) is 11.4 Å². The van der Waals surface area contributed by atoms with Crippen molar-refractivity contribution in [3.63, 3.8) is 0 Å². The molecule has 0 aliphatic carbocycles. The van der Waals surface area contributed by atoms with Crippen LogP contribution in [0.2, 0.25) is 5.02 Å². The van der Waals surface area contributed by atoms with Crippen LogP contribution in [0.25, 0.3) is 0 Å². The third-order valence-corrected chi connectivity index (χ3v) is 4.39. The Morgan fingerprint density at radius 1 is 1.24 bits per heavy atom. The van der Waals surface area contributed by atoms with E-state index in [9.17, 15) is 0 Å². The van der Waals surface area contributed by atoms with Gasteiger partial charge in [0, 0.05) is 29.6 Å². The fourth-order valence-electron chi connectivity index (χ4n) is 2.20. The van der Waals surface area contributed by atoms with Gasteiger partial charge in [-0.2, -0.15) is 0 Å². The van der Waals surface area contributed by atoms with Crippen LogP contribution in [-0.4, -0.2) is 31.9 Å². The Labute approximate surface area is 149 Å². The monoisotopic (exact) mass is 328 g/mol. The number of anilines is 2. The number of para-hydroxylation sites is 1. The zero-order valence-corrected chi connectivity index (χ0v) is 12.6. The lowest BCUT2D eigenvalue weighted by atomic mass is 10.2. The molecule has 0 atom stereocenters. The minimum absolute atomic E-state index is 0.121. The number of halogens is 1. The van der Waals surface area contributed by atoms with Crippen LogP contribution in [0, 0.1) is 0 Å². The zero-order valence-electron chi connectivity index (χ0n) is 21.0. The van der Waals surface area contributed by atoms with Crippen LogP contribution in [0.1, 0.15) is 20.1 Å². The smallest absolute Gasteiger partial charge is 0.0645 e. The molecule has 1 heterocycles. The summed E-state index contributed by atoms with van der Waals surface area (Å²) in [7, 11) is 0. The summed E-state index contributed by atoms with van der Waals surface area (Å²) in [5.74, 6) is 0. The Kier molecular flexibility index (Phi) is 2.09. The number of nitrogens with zero attached hydrogens (tertiary/aromatic N) is 2. The Balaban J connectivity index is 2.01. The highest BCUT2D eigenvalue weighted by molar-refractivity contribution is 7.99. The van der Waals surface area contributed by atoms with Gasteiger partial charge in [-0.05, 0) is 57.2 Å². The van der Waals surface area contributed by atoms with Gasteiger partial charge in [0.2, 0.25) is 0 Å². The van der Waals surface area contributed by atoms with Crippen LogP contribution in [0.5, 0.6) is 0 Å². The van der Waals surface area contributed by atoms with E-state index in [1.54, 1.807) is 23.1 Å². The standard InChI is InChI=1S/C17H19ClN2S/c1-19(2)10-5-11-20-14-6-3-4-7-16(14)21-17-9-8-13(18)12-15(17)20/h3-4,6-9,12H,5,10-11H2,1-2H3/i1D3,2D3,3D,4D,6D,7D. The molecular formula is C17H19ClN2S. The van der Waals surface area contributed by atoms with Crippen molar-refractivity contribution in [2.24, 2.45) is 0 Å². The predicted molar refractivity (Wildman–Crippen MR) is 92.2 cm³/mol. The van der Waals surface area contributed by atoms with Crippen molar-refractivity contribution in [2.75, 3.05) is 31.9 Å². The SMILES string of the molecule is [2H]c1c([2H])c([2H])c2c(c1[2H])Sc1ccc(Cl)cc1N2CCCN(C([2H])([2H])[2H])C([2H])([2H])[2H]. The Morgan fingerprint density at radius 2 is 2.10 bits per heavy atom. The molecule has 4 heteroatoms. The van der Waals surface area contributed by atoms with E-state index in [1.165, 1.54) is 11.8 Å². The fourth-order valence-corrected chi connectivity index (χ4v) is 3.35. The highest BCUT2D eigenvalue weighted by Crippen LogP contribution is 2.48. The van der Waals surface area contributed by atoms with E-state index in [-0.39, 0.29) is 49.4 Å². The molecule has 2 aromatic carbocycles. The summed E-state index contributed by atoms with van der Waals surface area (Å²) in [5, 5.41) is 0.431. The van der Waals surface area contributed by atoms with Crippen molar-refractivity contribution in [3.05, 3.63) is 47.4 Å². The lowest BCUT2D eigenvalue weighted by molar-refractivity contribution is 0.402. The van der Waals surface area contributed by atoms with Gasteiger partial charge in [0.15, 0.2) is 0 Å². The number of benzene rings is 2. The van der Waals surface area contributed by atoms with Crippen LogP contribution < -0.4 is 4.90 Å². The third-order valence-electron chi connectivity index (χ3n) is 3.09. The molecule has 0 spiro atoms. The average Bonchev–Trinajstić information content (AvgIpc) is 2.65. The van der Waals surface area contributed by atoms with Crippen molar-refractivity contribution >= 4 is 34.7 Å². The van der Waals surface area contributed by atoms with Gasteiger partial charge in [0.25, 0.3) is 0 Å². The van der Waals surface area contributed by atoms with Crippen LogP contribution in [-0.2, 0) is 0 Å². The minimum atomic E-state index is -2.80. The second-order valence-electron chi connectivity index (χ2n) is 4.55. The molecule has 0 saturated heterocycles. The van der Waals surface area contributed by atoms with Gasteiger partial charge in [-0.15, -0.1) is 0 Å². The van der Waals surface area contributed by atoms with Crippen LogP contribution in [0.3, 0.4) is 0 Å². The lowest BCUT2D eigenvalue weighted by Crippen LogP contribution is -2.25. The van der Waals surface area contributed by atoms with E-state index in [1.807, 2.05) is 0 Å². The van der Waals surface area contributed by atoms with Gasteiger partial charge in [-0.3, -0.25) is 0 Å². The van der Waals surface area contributed by atoms with Gasteiger partial charge >= 0.3 is 0 Å². The summed E-state index contributed by atoms with van der Waals surface area (Å²) in [6.07, 6.45) is 0.121. The van der Waals surface area contributed by atoms with Crippen molar-refractivity contribution in [1.29, 1.82) is 0 Å². The molecule has 0 saturated carbocycles. The molecule has 1 aliphatic rings. The molecule has 2 nitrogen and oxygen atoms in total. The highest BCUT2D eigenvalue weighted by Gasteiger charge is 2.22. The zero-order chi connectivity index (χ0) is 23.3. The summed E-state index contributed by atoms with van der Waals surface area (Å²) in [4.78, 5) is 3.20. The van der Waals surface area contributed by atoms with Gasteiger partial charge in [-0.25, -0.2) is 0 Å². The maximum atomic E-state index is 8.39. The van der Waals surface area contributed by atoms with Crippen molar-refractivity contribution < 1.29 is 13.7 Å². The van der Waals surface area contributed by atoms with Gasteiger partial charge in [0.05, 0.1) is 16.9 Å². The molecular weight excluding hydrogens is 300 g/mol. The van der Waals surface area contributed by atoms with Crippen molar-refractivity contribution in [2.45, 2.75) is 16.2 Å². The van der Waals surface area contributed by atoms with Gasteiger partial charge in [-0.1, -0.05) is 35.4 Å². The molecule has 3 rings (SSSR count). The Morgan fingerprint density at radius 3 is 2.95 bits per heavy atom.